The maximum atomic E-state index is 12.0. The molecule has 0 fully saturated rings. The van der Waals surface area contributed by atoms with Crippen LogP contribution >= 0.6 is 24.0 Å². The van der Waals surface area contributed by atoms with Crippen molar-refractivity contribution < 1.29 is 4.79 Å². The third kappa shape index (κ3) is 7.09. The highest BCUT2D eigenvalue weighted by atomic mass is 127. The molecule has 3 aromatic rings. The zero-order valence-corrected chi connectivity index (χ0v) is 20.4. The highest BCUT2D eigenvalue weighted by Gasteiger charge is 2.07. The number of carbonyl (C=O) groups is 1. The van der Waals surface area contributed by atoms with E-state index in [2.05, 4.69) is 25.6 Å². The van der Waals surface area contributed by atoms with E-state index in [-0.39, 0.29) is 29.9 Å². The van der Waals surface area contributed by atoms with Crippen LogP contribution in [-0.2, 0) is 13.1 Å². The number of amides is 1. The average Bonchev–Trinajstić information content (AvgIpc) is 3.25. The van der Waals surface area contributed by atoms with Crippen LogP contribution in [0.25, 0.3) is 11.3 Å². The third-order valence-electron chi connectivity index (χ3n) is 4.51. The summed E-state index contributed by atoms with van der Waals surface area (Å²) in [5.41, 5.74) is 3.80. The van der Waals surface area contributed by atoms with Crippen molar-refractivity contribution in [1.82, 2.24) is 25.5 Å². The molecule has 0 aliphatic carbocycles. The van der Waals surface area contributed by atoms with Gasteiger partial charge in [0.1, 0.15) is 5.82 Å². The quantitative estimate of drug-likeness (QED) is 0.247. The molecule has 31 heavy (non-hydrogen) atoms. The first-order valence-electron chi connectivity index (χ1n) is 9.99. The average molecular weight is 532 g/mol. The van der Waals surface area contributed by atoms with Crippen LogP contribution in [-0.4, -0.2) is 47.4 Å². The molecular formula is C23H29IN6O. The molecule has 3 rings (SSSR count). The van der Waals surface area contributed by atoms with Crippen molar-refractivity contribution in [2.24, 2.45) is 4.99 Å². The van der Waals surface area contributed by atoms with Gasteiger partial charge >= 0.3 is 0 Å². The first-order valence-corrected chi connectivity index (χ1v) is 9.99. The van der Waals surface area contributed by atoms with Gasteiger partial charge < -0.3 is 20.5 Å². The van der Waals surface area contributed by atoms with E-state index in [1.54, 1.807) is 19.0 Å². The number of rotatable bonds is 7. The first kappa shape index (κ1) is 24.4. The number of carbonyl (C=O) groups excluding carboxylic acids is 1. The number of H-pyrrole nitrogens is 1. The molecule has 0 saturated heterocycles. The Labute approximate surface area is 200 Å². The van der Waals surface area contributed by atoms with Crippen LogP contribution in [0.5, 0.6) is 0 Å². The maximum Gasteiger partial charge on any atom is 0.253 e. The Bertz CT molecular complexity index is 983. The minimum absolute atomic E-state index is 0. The van der Waals surface area contributed by atoms with Crippen LogP contribution in [0.1, 0.15) is 28.7 Å². The highest BCUT2D eigenvalue weighted by molar-refractivity contribution is 14.0. The molecule has 2 aromatic carbocycles. The van der Waals surface area contributed by atoms with Crippen molar-refractivity contribution >= 4 is 35.8 Å². The summed E-state index contributed by atoms with van der Waals surface area (Å²) in [5.74, 6) is 1.54. The number of aromatic nitrogens is 2. The van der Waals surface area contributed by atoms with Crippen molar-refractivity contribution in [2.45, 2.75) is 20.0 Å². The van der Waals surface area contributed by atoms with Gasteiger partial charge in [0.15, 0.2) is 5.96 Å². The molecule has 7 nitrogen and oxygen atoms in total. The second kappa shape index (κ2) is 12.1. The number of benzene rings is 2. The minimum Gasteiger partial charge on any atom is -0.357 e. The van der Waals surface area contributed by atoms with E-state index in [0.29, 0.717) is 24.6 Å². The van der Waals surface area contributed by atoms with Crippen LogP contribution in [0, 0.1) is 0 Å². The summed E-state index contributed by atoms with van der Waals surface area (Å²) in [6.45, 7) is 3.84. The Morgan fingerprint density at radius 1 is 1.06 bits per heavy atom. The molecule has 0 aliphatic rings. The van der Waals surface area contributed by atoms with Gasteiger partial charge in [-0.1, -0.05) is 42.5 Å². The summed E-state index contributed by atoms with van der Waals surface area (Å²) in [6.07, 6.45) is 1.84. The zero-order chi connectivity index (χ0) is 21.3. The molecule has 3 N–H and O–H groups in total. The summed E-state index contributed by atoms with van der Waals surface area (Å²) in [6, 6.07) is 17.6. The lowest BCUT2D eigenvalue weighted by Crippen LogP contribution is -2.37. The molecular weight excluding hydrogens is 503 g/mol. The number of nitrogens with one attached hydrogen (secondary N) is 3. The number of hydrogen-bond donors (Lipinski definition) is 3. The van der Waals surface area contributed by atoms with Crippen LogP contribution in [0.4, 0.5) is 0 Å². The van der Waals surface area contributed by atoms with E-state index < -0.39 is 0 Å². The monoisotopic (exact) mass is 532 g/mol. The number of imidazole rings is 1. The molecule has 1 amide bonds. The minimum atomic E-state index is -0.00613. The predicted octanol–water partition coefficient (Wildman–Crippen LogP) is 3.65. The number of nitrogens with zero attached hydrogens (tertiary/aromatic N) is 3. The lowest BCUT2D eigenvalue weighted by Gasteiger charge is -2.11. The van der Waals surface area contributed by atoms with E-state index in [9.17, 15) is 4.79 Å². The Morgan fingerprint density at radius 3 is 2.42 bits per heavy atom. The summed E-state index contributed by atoms with van der Waals surface area (Å²) in [4.78, 5) is 26.0. The molecule has 0 unspecified atom stereocenters. The molecule has 0 radical (unpaired) electrons. The van der Waals surface area contributed by atoms with Crippen LogP contribution in [0.2, 0.25) is 0 Å². The Balaban J connectivity index is 0.00000341. The van der Waals surface area contributed by atoms with Gasteiger partial charge in [-0.25, -0.2) is 9.98 Å². The second-order valence-corrected chi connectivity index (χ2v) is 7.05. The molecule has 0 saturated carbocycles. The fraction of sp³-hybridized carbons (Fsp3) is 0.261. The number of aromatic amines is 1. The van der Waals surface area contributed by atoms with Crippen molar-refractivity contribution in [3.63, 3.8) is 0 Å². The van der Waals surface area contributed by atoms with Crippen molar-refractivity contribution in [3.05, 3.63) is 77.7 Å². The van der Waals surface area contributed by atoms with Gasteiger partial charge in [-0.15, -0.1) is 24.0 Å². The van der Waals surface area contributed by atoms with E-state index in [1.165, 1.54) is 0 Å². The highest BCUT2D eigenvalue weighted by Crippen LogP contribution is 2.15. The Kier molecular flexibility index (Phi) is 9.51. The number of aliphatic imine (C=N–C) groups is 1. The standard InChI is InChI=1S/C23H28N6O.HI/c1-4-24-23(26-14-17-10-12-19(13-11-17)22(30)29(2)3)27-16-21-25-15-20(28-21)18-8-6-5-7-9-18;/h5-13,15H,4,14,16H2,1-3H3,(H,25,28)(H2,24,26,27);1H. The van der Waals surface area contributed by atoms with E-state index >= 15 is 0 Å². The van der Waals surface area contributed by atoms with Crippen LogP contribution in [0.15, 0.2) is 65.8 Å². The van der Waals surface area contributed by atoms with Gasteiger partial charge in [-0.3, -0.25) is 4.79 Å². The lowest BCUT2D eigenvalue weighted by molar-refractivity contribution is 0.0827. The van der Waals surface area contributed by atoms with Gasteiger partial charge in [-0.05, 0) is 30.2 Å². The third-order valence-corrected chi connectivity index (χ3v) is 4.51. The molecule has 0 spiro atoms. The van der Waals surface area contributed by atoms with Gasteiger partial charge in [0.25, 0.3) is 5.91 Å². The normalized spacial score (nSPS) is 10.9. The van der Waals surface area contributed by atoms with E-state index in [0.717, 1.165) is 29.2 Å². The molecule has 0 aliphatic heterocycles. The predicted molar refractivity (Wildman–Crippen MR) is 136 cm³/mol. The first-order chi connectivity index (χ1) is 14.6. The molecule has 1 aromatic heterocycles. The number of hydrogen-bond acceptors (Lipinski definition) is 3. The zero-order valence-electron chi connectivity index (χ0n) is 18.1. The lowest BCUT2D eigenvalue weighted by atomic mass is 10.1. The summed E-state index contributed by atoms with van der Waals surface area (Å²) >= 11 is 0. The van der Waals surface area contributed by atoms with Crippen LogP contribution in [0.3, 0.4) is 0 Å². The topological polar surface area (TPSA) is 85.4 Å². The van der Waals surface area contributed by atoms with Crippen molar-refractivity contribution in [3.8, 4) is 11.3 Å². The van der Waals surface area contributed by atoms with Gasteiger partial charge in [0.05, 0.1) is 25.0 Å². The summed E-state index contributed by atoms with van der Waals surface area (Å²) in [7, 11) is 3.49. The molecule has 8 heteroatoms. The summed E-state index contributed by atoms with van der Waals surface area (Å²) < 4.78 is 0. The molecule has 164 valence electrons. The molecule has 0 bridgehead atoms. The summed E-state index contributed by atoms with van der Waals surface area (Å²) in [5, 5.41) is 6.54. The van der Waals surface area contributed by atoms with Crippen LogP contribution < -0.4 is 10.6 Å². The number of halogens is 1. The molecule has 0 atom stereocenters. The Morgan fingerprint density at radius 2 is 1.77 bits per heavy atom. The fourth-order valence-electron chi connectivity index (χ4n) is 2.91. The fourth-order valence-corrected chi connectivity index (χ4v) is 2.91. The van der Waals surface area contributed by atoms with Gasteiger partial charge in [0.2, 0.25) is 0 Å². The smallest absolute Gasteiger partial charge is 0.253 e. The van der Waals surface area contributed by atoms with Gasteiger partial charge in [-0.2, -0.15) is 0 Å². The Hall–Kier alpha value is -2.88. The van der Waals surface area contributed by atoms with E-state index in [4.69, 9.17) is 0 Å². The van der Waals surface area contributed by atoms with Crippen molar-refractivity contribution in [2.75, 3.05) is 20.6 Å². The van der Waals surface area contributed by atoms with Gasteiger partial charge in [0, 0.05) is 26.2 Å². The largest absolute Gasteiger partial charge is 0.357 e. The molecule has 1 heterocycles. The second-order valence-electron chi connectivity index (χ2n) is 7.05. The SMILES string of the molecule is CCNC(=NCc1ccc(C(=O)N(C)C)cc1)NCc1ncc(-c2ccccc2)[nH]1.I. The van der Waals surface area contributed by atoms with Crippen molar-refractivity contribution in [1.29, 1.82) is 0 Å². The maximum absolute atomic E-state index is 12.0. The number of guanidine groups is 1. The van der Waals surface area contributed by atoms with E-state index in [1.807, 2.05) is 67.7 Å².